The van der Waals surface area contributed by atoms with Crippen LogP contribution in [-0.2, 0) is 4.79 Å². The number of rotatable bonds is 3. The average Bonchev–Trinajstić information content (AvgIpc) is 2.16. The Bertz CT molecular complexity index is 400. The summed E-state index contributed by atoms with van der Waals surface area (Å²) in [6.45, 7) is 1.30. The number of aromatic carboxylic acids is 1. The van der Waals surface area contributed by atoms with Gasteiger partial charge in [0.05, 0.1) is 18.4 Å². The number of carboxylic acids is 1. The lowest BCUT2D eigenvalue weighted by atomic mass is 10.1. The predicted molar refractivity (Wildman–Crippen MR) is 54.3 cm³/mol. The molecule has 0 aromatic heterocycles. The molecular weight excluding hydrogens is 198 g/mol. The van der Waals surface area contributed by atoms with Gasteiger partial charge in [-0.1, -0.05) is 6.07 Å². The zero-order valence-electron chi connectivity index (χ0n) is 8.40. The predicted octanol–water partition coefficient (Wildman–Crippen LogP) is 1.35. The summed E-state index contributed by atoms with van der Waals surface area (Å²) in [5, 5.41) is 11.3. The minimum atomic E-state index is -1.11. The zero-order valence-corrected chi connectivity index (χ0v) is 8.40. The van der Waals surface area contributed by atoms with Gasteiger partial charge in [0.1, 0.15) is 5.75 Å². The van der Waals surface area contributed by atoms with Gasteiger partial charge in [-0.25, -0.2) is 4.79 Å². The fourth-order valence-corrected chi connectivity index (χ4v) is 1.18. The number of carboxylic acid groups (broad SMARTS) is 1. The molecule has 0 aliphatic rings. The fourth-order valence-electron chi connectivity index (χ4n) is 1.18. The molecule has 15 heavy (non-hydrogen) atoms. The smallest absolute Gasteiger partial charge is 0.337 e. The van der Waals surface area contributed by atoms with E-state index in [-0.39, 0.29) is 17.2 Å². The van der Waals surface area contributed by atoms with Crippen molar-refractivity contribution in [1.82, 2.24) is 0 Å². The van der Waals surface area contributed by atoms with Crippen LogP contribution >= 0.6 is 0 Å². The molecule has 0 aliphatic heterocycles. The Balaban J connectivity index is 3.26. The Kier molecular flexibility index (Phi) is 3.28. The van der Waals surface area contributed by atoms with E-state index < -0.39 is 5.97 Å². The monoisotopic (exact) mass is 209 g/mol. The van der Waals surface area contributed by atoms with Gasteiger partial charge in [-0.05, 0) is 12.1 Å². The number of hydrogen-bond acceptors (Lipinski definition) is 3. The van der Waals surface area contributed by atoms with E-state index in [1.807, 2.05) is 0 Å². The van der Waals surface area contributed by atoms with E-state index in [2.05, 4.69) is 5.32 Å². The number of para-hydroxylation sites is 1. The summed E-state index contributed by atoms with van der Waals surface area (Å²) in [7, 11) is 1.41. The van der Waals surface area contributed by atoms with E-state index in [1.54, 1.807) is 12.1 Å². The molecule has 0 spiro atoms. The van der Waals surface area contributed by atoms with Crippen LogP contribution in [0.15, 0.2) is 18.2 Å². The van der Waals surface area contributed by atoms with Crippen LogP contribution < -0.4 is 10.1 Å². The lowest BCUT2D eigenvalue weighted by molar-refractivity contribution is -0.114. The third-order valence-corrected chi connectivity index (χ3v) is 1.78. The average molecular weight is 209 g/mol. The highest BCUT2D eigenvalue weighted by Crippen LogP contribution is 2.28. The van der Waals surface area contributed by atoms with Gasteiger partial charge in [0, 0.05) is 6.92 Å². The molecule has 0 aliphatic carbocycles. The summed E-state index contributed by atoms with van der Waals surface area (Å²) in [4.78, 5) is 21.8. The van der Waals surface area contributed by atoms with Crippen LogP contribution in [0, 0.1) is 0 Å². The molecule has 1 aromatic carbocycles. The number of carbonyl (C=O) groups is 2. The van der Waals surface area contributed by atoms with Gasteiger partial charge in [0.25, 0.3) is 0 Å². The number of amides is 1. The first-order valence-corrected chi connectivity index (χ1v) is 4.24. The van der Waals surface area contributed by atoms with Gasteiger partial charge < -0.3 is 15.2 Å². The van der Waals surface area contributed by atoms with Crippen molar-refractivity contribution in [3.05, 3.63) is 23.8 Å². The highest BCUT2D eigenvalue weighted by atomic mass is 16.5. The van der Waals surface area contributed by atoms with Crippen molar-refractivity contribution in [2.45, 2.75) is 6.92 Å². The Hall–Kier alpha value is -2.04. The van der Waals surface area contributed by atoms with E-state index in [1.165, 1.54) is 20.1 Å². The van der Waals surface area contributed by atoms with E-state index in [9.17, 15) is 9.59 Å². The zero-order chi connectivity index (χ0) is 11.4. The number of nitrogens with one attached hydrogen (secondary N) is 1. The molecule has 5 heteroatoms. The fraction of sp³-hybridized carbons (Fsp3) is 0.200. The molecule has 0 heterocycles. The molecule has 5 nitrogen and oxygen atoms in total. The van der Waals surface area contributed by atoms with Crippen LogP contribution in [-0.4, -0.2) is 24.1 Å². The summed E-state index contributed by atoms with van der Waals surface area (Å²) >= 11 is 0. The van der Waals surface area contributed by atoms with Gasteiger partial charge >= 0.3 is 5.97 Å². The number of anilines is 1. The molecule has 0 unspecified atom stereocenters. The first-order chi connectivity index (χ1) is 7.06. The first kappa shape index (κ1) is 11.0. The molecule has 0 bridgehead atoms. The van der Waals surface area contributed by atoms with Gasteiger partial charge in [-0.2, -0.15) is 0 Å². The topological polar surface area (TPSA) is 75.6 Å². The molecule has 1 rings (SSSR count). The third kappa shape index (κ3) is 2.46. The molecule has 0 atom stereocenters. The van der Waals surface area contributed by atoms with Crippen molar-refractivity contribution >= 4 is 17.6 Å². The second-order valence-electron chi connectivity index (χ2n) is 2.87. The van der Waals surface area contributed by atoms with E-state index in [4.69, 9.17) is 9.84 Å². The summed E-state index contributed by atoms with van der Waals surface area (Å²) in [5.74, 6) is -1.13. The lowest BCUT2D eigenvalue weighted by Crippen LogP contribution is -2.12. The van der Waals surface area contributed by atoms with Gasteiger partial charge in [-0.3, -0.25) is 4.79 Å². The number of hydrogen-bond donors (Lipinski definition) is 2. The molecule has 0 saturated heterocycles. The van der Waals surface area contributed by atoms with Crippen LogP contribution in [0.3, 0.4) is 0 Å². The summed E-state index contributed by atoms with van der Waals surface area (Å²) < 4.78 is 4.96. The number of benzene rings is 1. The quantitative estimate of drug-likeness (QED) is 0.787. The van der Waals surface area contributed by atoms with Gasteiger partial charge in [0.2, 0.25) is 5.91 Å². The molecule has 0 fully saturated rings. The second-order valence-corrected chi connectivity index (χ2v) is 2.87. The lowest BCUT2D eigenvalue weighted by Gasteiger charge is -2.11. The minimum absolute atomic E-state index is 0.00421. The second kappa shape index (κ2) is 4.45. The van der Waals surface area contributed by atoms with Crippen LogP contribution in [0.1, 0.15) is 17.3 Å². The molecule has 80 valence electrons. The normalized spacial score (nSPS) is 9.47. The van der Waals surface area contributed by atoms with Crippen LogP contribution in [0.2, 0.25) is 0 Å². The Morgan fingerprint density at radius 3 is 2.53 bits per heavy atom. The van der Waals surface area contributed by atoms with Crippen LogP contribution in [0.25, 0.3) is 0 Å². The highest BCUT2D eigenvalue weighted by Gasteiger charge is 2.15. The van der Waals surface area contributed by atoms with Crippen molar-refractivity contribution in [3.63, 3.8) is 0 Å². The maximum atomic E-state index is 10.9. The largest absolute Gasteiger partial charge is 0.495 e. The Morgan fingerprint density at radius 1 is 1.40 bits per heavy atom. The van der Waals surface area contributed by atoms with Gasteiger partial charge in [-0.15, -0.1) is 0 Å². The van der Waals surface area contributed by atoms with Crippen molar-refractivity contribution < 1.29 is 19.4 Å². The van der Waals surface area contributed by atoms with Crippen molar-refractivity contribution in [1.29, 1.82) is 0 Å². The standard InChI is InChI=1S/C10H11NO4/c1-6(12)11-9-7(10(13)14)4-3-5-8(9)15-2/h3-5H,1-2H3,(H,11,12)(H,13,14). The maximum Gasteiger partial charge on any atom is 0.337 e. The molecular formula is C10H11NO4. The third-order valence-electron chi connectivity index (χ3n) is 1.78. The first-order valence-electron chi connectivity index (χ1n) is 4.24. The molecule has 1 amide bonds. The number of methoxy groups -OCH3 is 1. The Labute approximate surface area is 86.7 Å². The summed E-state index contributed by atoms with van der Waals surface area (Å²) in [6, 6.07) is 4.53. The van der Waals surface area contributed by atoms with Gasteiger partial charge in [0.15, 0.2) is 0 Å². The van der Waals surface area contributed by atoms with E-state index in [0.717, 1.165) is 0 Å². The molecule has 1 aromatic rings. The van der Waals surface area contributed by atoms with Crippen LogP contribution in [0.4, 0.5) is 5.69 Å². The highest BCUT2D eigenvalue weighted by molar-refractivity contribution is 6.01. The molecule has 0 saturated carbocycles. The van der Waals surface area contributed by atoms with Crippen molar-refractivity contribution in [3.8, 4) is 5.75 Å². The van der Waals surface area contributed by atoms with Crippen molar-refractivity contribution in [2.75, 3.05) is 12.4 Å². The summed E-state index contributed by atoms with van der Waals surface area (Å²) in [6.07, 6.45) is 0. The maximum absolute atomic E-state index is 10.9. The van der Waals surface area contributed by atoms with Crippen LogP contribution in [0.5, 0.6) is 5.75 Å². The molecule has 0 radical (unpaired) electrons. The Morgan fingerprint density at radius 2 is 2.07 bits per heavy atom. The van der Waals surface area contributed by atoms with E-state index in [0.29, 0.717) is 5.75 Å². The number of carbonyl (C=O) groups excluding carboxylic acids is 1. The SMILES string of the molecule is COc1cccc(C(=O)O)c1NC(C)=O. The minimum Gasteiger partial charge on any atom is -0.495 e. The van der Waals surface area contributed by atoms with Crippen molar-refractivity contribution in [2.24, 2.45) is 0 Å². The molecule has 2 N–H and O–H groups in total. The summed E-state index contributed by atoms with van der Waals surface area (Å²) in [5.41, 5.74) is 0.185. The number of ether oxygens (including phenoxy) is 1. The van der Waals surface area contributed by atoms with E-state index >= 15 is 0 Å².